The van der Waals surface area contributed by atoms with Gasteiger partial charge in [0.2, 0.25) is 0 Å². The number of hydrogen-bond acceptors (Lipinski definition) is 4. The summed E-state index contributed by atoms with van der Waals surface area (Å²) in [6, 6.07) is 14.1. The highest BCUT2D eigenvalue weighted by molar-refractivity contribution is 6.30. The Morgan fingerprint density at radius 1 is 1.20 bits per heavy atom. The van der Waals surface area contributed by atoms with Crippen LogP contribution in [-0.4, -0.2) is 24.1 Å². The number of hydrazone groups is 1. The molecule has 0 unspecified atom stereocenters. The Bertz CT molecular complexity index is 817. The van der Waals surface area contributed by atoms with Crippen molar-refractivity contribution in [2.24, 2.45) is 11.0 Å². The Morgan fingerprint density at radius 2 is 1.96 bits per heavy atom. The molecular formula is C20H21ClN2O2. The Hall–Kier alpha value is -2.20. The molecule has 4 nitrogen and oxygen atoms in total. The fourth-order valence-electron chi connectivity index (χ4n) is 3.53. The molecule has 2 atom stereocenters. The molecule has 0 aliphatic carbocycles. The minimum absolute atomic E-state index is 0.112. The first-order chi connectivity index (χ1) is 12.1. The molecule has 2 aromatic carbocycles. The molecule has 0 saturated heterocycles. The largest absolute Gasteiger partial charge is 0.493 e. The van der Waals surface area contributed by atoms with Gasteiger partial charge in [-0.2, -0.15) is 5.10 Å². The van der Waals surface area contributed by atoms with Gasteiger partial charge in [0.15, 0.2) is 17.7 Å². The molecule has 0 bridgehead atoms. The summed E-state index contributed by atoms with van der Waals surface area (Å²) >= 11 is 6.02. The van der Waals surface area contributed by atoms with Gasteiger partial charge in [0.25, 0.3) is 0 Å². The predicted molar refractivity (Wildman–Crippen MR) is 99.4 cm³/mol. The quantitative estimate of drug-likeness (QED) is 0.786. The normalized spacial score (nSPS) is 21.5. The summed E-state index contributed by atoms with van der Waals surface area (Å²) < 4.78 is 11.8. The van der Waals surface area contributed by atoms with Gasteiger partial charge < -0.3 is 9.47 Å². The minimum atomic E-state index is -0.112. The highest BCUT2D eigenvalue weighted by Gasteiger charge is 2.42. The molecule has 0 amide bonds. The third kappa shape index (κ3) is 2.74. The van der Waals surface area contributed by atoms with E-state index in [0.29, 0.717) is 5.92 Å². The first-order valence-electron chi connectivity index (χ1n) is 8.54. The highest BCUT2D eigenvalue weighted by Crippen LogP contribution is 2.47. The monoisotopic (exact) mass is 356 g/mol. The average Bonchev–Trinajstić information content (AvgIpc) is 3.06. The number of para-hydroxylation sites is 1. The zero-order chi connectivity index (χ0) is 17.6. The van der Waals surface area contributed by atoms with Crippen LogP contribution in [0.1, 0.15) is 37.4 Å². The minimum Gasteiger partial charge on any atom is -0.493 e. The smallest absolute Gasteiger partial charge is 0.190 e. The summed E-state index contributed by atoms with van der Waals surface area (Å²) in [4.78, 5) is 0. The zero-order valence-electron chi connectivity index (χ0n) is 14.6. The number of hydrogen-bond donors (Lipinski definition) is 0. The number of methoxy groups -OCH3 is 1. The van der Waals surface area contributed by atoms with E-state index in [9.17, 15) is 0 Å². The maximum Gasteiger partial charge on any atom is 0.190 e. The second-order valence-corrected chi connectivity index (χ2v) is 7.22. The van der Waals surface area contributed by atoms with Gasteiger partial charge in [0.1, 0.15) is 0 Å². The van der Waals surface area contributed by atoms with E-state index < -0.39 is 0 Å². The molecule has 2 aliphatic rings. The summed E-state index contributed by atoms with van der Waals surface area (Å²) in [5.41, 5.74) is 3.29. The molecule has 25 heavy (non-hydrogen) atoms. The Labute approximate surface area is 153 Å². The number of ether oxygens (including phenoxy) is 2. The van der Waals surface area contributed by atoms with E-state index in [4.69, 9.17) is 26.2 Å². The second kappa shape index (κ2) is 6.26. The van der Waals surface area contributed by atoms with Crippen molar-refractivity contribution < 1.29 is 9.47 Å². The van der Waals surface area contributed by atoms with Gasteiger partial charge in [-0.25, -0.2) is 5.01 Å². The molecule has 0 aromatic heterocycles. The van der Waals surface area contributed by atoms with Crippen LogP contribution in [0.15, 0.2) is 47.6 Å². The molecule has 2 aromatic rings. The van der Waals surface area contributed by atoms with E-state index in [-0.39, 0.29) is 12.3 Å². The molecule has 130 valence electrons. The van der Waals surface area contributed by atoms with Gasteiger partial charge in [-0.1, -0.05) is 49.7 Å². The van der Waals surface area contributed by atoms with E-state index in [0.717, 1.165) is 39.8 Å². The number of halogens is 1. The molecule has 2 aliphatic heterocycles. The molecule has 0 spiro atoms. The van der Waals surface area contributed by atoms with Gasteiger partial charge >= 0.3 is 0 Å². The molecular weight excluding hydrogens is 336 g/mol. The van der Waals surface area contributed by atoms with Crippen molar-refractivity contribution in [1.82, 2.24) is 5.01 Å². The molecule has 0 N–H and O–H groups in total. The zero-order valence-corrected chi connectivity index (χ0v) is 15.3. The van der Waals surface area contributed by atoms with E-state index in [2.05, 4.69) is 24.9 Å². The van der Waals surface area contributed by atoms with Crippen molar-refractivity contribution in [2.75, 3.05) is 7.11 Å². The van der Waals surface area contributed by atoms with Gasteiger partial charge in [0.05, 0.1) is 18.9 Å². The predicted octanol–water partition coefficient (Wildman–Crippen LogP) is 4.87. The van der Waals surface area contributed by atoms with E-state index in [1.807, 2.05) is 36.4 Å². The second-order valence-electron chi connectivity index (χ2n) is 6.78. The van der Waals surface area contributed by atoms with E-state index in [1.165, 1.54) is 0 Å². The van der Waals surface area contributed by atoms with Crippen molar-refractivity contribution in [3.05, 3.63) is 58.6 Å². The maximum atomic E-state index is 6.31. The lowest BCUT2D eigenvalue weighted by Gasteiger charge is -2.40. The van der Waals surface area contributed by atoms with Crippen LogP contribution >= 0.6 is 11.6 Å². The van der Waals surface area contributed by atoms with Crippen molar-refractivity contribution >= 4 is 17.3 Å². The summed E-state index contributed by atoms with van der Waals surface area (Å²) in [6.45, 7) is 4.30. The third-order valence-electron chi connectivity index (χ3n) is 4.78. The number of rotatable bonds is 3. The lowest BCUT2D eigenvalue weighted by molar-refractivity contribution is -0.0476. The summed E-state index contributed by atoms with van der Waals surface area (Å²) in [5, 5.41) is 7.75. The van der Waals surface area contributed by atoms with Crippen molar-refractivity contribution in [2.45, 2.75) is 32.5 Å². The van der Waals surface area contributed by atoms with Gasteiger partial charge in [-0.05, 0) is 23.8 Å². The molecule has 2 heterocycles. The lowest BCUT2D eigenvalue weighted by atomic mass is 9.95. The van der Waals surface area contributed by atoms with Crippen LogP contribution in [0.4, 0.5) is 0 Å². The molecule has 0 fully saturated rings. The van der Waals surface area contributed by atoms with Crippen LogP contribution < -0.4 is 9.47 Å². The molecule has 4 rings (SSSR count). The maximum absolute atomic E-state index is 6.31. The molecule has 5 heteroatoms. The third-order valence-corrected chi connectivity index (χ3v) is 5.03. The van der Waals surface area contributed by atoms with Crippen LogP contribution in [0.25, 0.3) is 0 Å². The van der Waals surface area contributed by atoms with Crippen LogP contribution in [0.3, 0.4) is 0 Å². The first-order valence-corrected chi connectivity index (χ1v) is 8.91. The van der Waals surface area contributed by atoms with Crippen LogP contribution in [0.5, 0.6) is 11.5 Å². The first kappa shape index (κ1) is 16.3. The van der Waals surface area contributed by atoms with Crippen molar-refractivity contribution in [3.8, 4) is 11.5 Å². The number of benzene rings is 2. The summed E-state index contributed by atoms with van der Waals surface area (Å²) in [7, 11) is 1.68. The summed E-state index contributed by atoms with van der Waals surface area (Å²) in [6.07, 6.45) is 0.729. The fraction of sp³-hybridized carbons (Fsp3) is 0.350. The van der Waals surface area contributed by atoms with Gasteiger partial charge in [-0.3, -0.25) is 0 Å². The lowest BCUT2D eigenvalue weighted by Crippen LogP contribution is -2.43. The standard InChI is InChI=1S/C20H21ClN2O2/c1-12(2)20-23-17(15-5-4-6-18(24-3)19(15)25-20)11-16(22-23)13-7-9-14(21)10-8-13/h4-10,12,17,20H,11H2,1-3H3/t17-,20+/m1/s1. The van der Waals surface area contributed by atoms with Crippen LogP contribution in [0, 0.1) is 5.92 Å². The van der Waals surface area contributed by atoms with Crippen LogP contribution in [-0.2, 0) is 0 Å². The summed E-state index contributed by atoms with van der Waals surface area (Å²) in [5.74, 6) is 1.93. The average molecular weight is 357 g/mol. The van der Waals surface area contributed by atoms with Crippen molar-refractivity contribution in [3.63, 3.8) is 0 Å². The van der Waals surface area contributed by atoms with Gasteiger partial charge in [0, 0.05) is 22.9 Å². The Balaban J connectivity index is 1.76. The SMILES string of the molecule is COc1cccc2c1O[C@@H](C(C)C)N1N=C(c3ccc(Cl)cc3)C[C@H]21. The topological polar surface area (TPSA) is 34.1 Å². The Kier molecular flexibility index (Phi) is 4.08. The molecule has 0 saturated carbocycles. The fourth-order valence-corrected chi connectivity index (χ4v) is 3.66. The number of nitrogens with zero attached hydrogens (tertiary/aromatic N) is 2. The molecule has 0 radical (unpaired) electrons. The Morgan fingerprint density at radius 3 is 2.64 bits per heavy atom. The van der Waals surface area contributed by atoms with Crippen molar-refractivity contribution in [1.29, 1.82) is 0 Å². The van der Waals surface area contributed by atoms with Crippen LogP contribution in [0.2, 0.25) is 5.02 Å². The van der Waals surface area contributed by atoms with Gasteiger partial charge in [-0.15, -0.1) is 0 Å². The van der Waals surface area contributed by atoms with E-state index >= 15 is 0 Å². The highest BCUT2D eigenvalue weighted by atomic mass is 35.5. The number of fused-ring (bicyclic) bond motifs is 3. The van der Waals surface area contributed by atoms with E-state index in [1.54, 1.807) is 7.11 Å².